The molecular formula is C20H18BrClN6O3S. The van der Waals surface area contributed by atoms with Crippen LogP contribution in [0.4, 0.5) is 4.79 Å². The second kappa shape index (κ2) is 9.39. The number of sulfonamides is 1. The number of nitrogens with one attached hydrogen (secondary N) is 2. The molecule has 2 heterocycles. The van der Waals surface area contributed by atoms with E-state index in [1.54, 1.807) is 23.3 Å². The second-order valence-electron chi connectivity index (χ2n) is 6.98. The molecule has 32 heavy (non-hydrogen) atoms. The molecule has 2 N–H and O–H groups in total. The molecule has 166 valence electrons. The van der Waals surface area contributed by atoms with E-state index >= 15 is 0 Å². The minimum absolute atomic E-state index is 0.0503. The Balaban J connectivity index is 1.46. The molecule has 4 rings (SSSR count). The summed E-state index contributed by atoms with van der Waals surface area (Å²) in [6.45, 7) is 0.142. The van der Waals surface area contributed by atoms with Gasteiger partial charge in [-0.05, 0) is 70.6 Å². The van der Waals surface area contributed by atoms with Crippen molar-refractivity contribution in [3.05, 3.63) is 69.7 Å². The van der Waals surface area contributed by atoms with Gasteiger partial charge in [-0.25, -0.2) is 27.9 Å². The van der Waals surface area contributed by atoms with Gasteiger partial charge in [-0.3, -0.25) is 0 Å². The Morgan fingerprint density at radius 2 is 1.88 bits per heavy atom. The number of carbonyl (C=O) groups is 1. The van der Waals surface area contributed by atoms with Gasteiger partial charge in [0, 0.05) is 24.0 Å². The summed E-state index contributed by atoms with van der Waals surface area (Å²) in [6.07, 6.45) is 9.57. The summed E-state index contributed by atoms with van der Waals surface area (Å²) in [6, 6.07) is 4.72. The van der Waals surface area contributed by atoms with Gasteiger partial charge in [0.25, 0.3) is 16.0 Å². The number of hydrogen-bond donors (Lipinski definition) is 2. The van der Waals surface area contributed by atoms with Crippen molar-refractivity contribution in [1.82, 2.24) is 29.8 Å². The highest BCUT2D eigenvalue weighted by molar-refractivity contribution is 9.10. The van der Waals surface area contributed by atoms with Crippen molar-refractivity contribution in [2.24, 2.45) is 0 Å². The van der Waals surface area contributed by atoms with Crippen LogP contribution >= 0.6 is 27.5 Å². The lowest BCUT2D eigenvalue weighted by molar-refractivity contribution is 0.247. The zero-order chi connectivity index (χ0) is 22.7. The second-order valence-corrected chi connectivity index (χ2v) is 10.0. The van der Waals surface area contributed by atoms with Crippen LogP contribution in [0.15, 0.2) is 58.3 Å². The van der Waals surface area contributed by atoms with E-state index in [1.807, 2.05) is 10.8 Å². The normalized spacial score (nSPS) is 14.8. The van der Waals surface area contributed by atoms with Crippen LogP contribution < -0.4 is 10.0 Å². The Labute approximate surface area is 198 Å². The molecule has 0 spiro atoms. The van der Waals surface area contributed by atoms with E-state index in [-0.39, 0.29) is 11.4 Å². The molecule has 12 heteroatoms. The third-order valence-electron chi connectivity index (χ3n) is 4.80. The van der Waals surface area contributed by atoms with E-state index in [4.69, 9.17) is 11.6 Å². The molecule has 1 aliphatic rings. The number of hydrogen-bond acceptors (Lipinski definition) is 6. The van der Waals surface area contributed by atoms with Crippen LogP contribution in [-0.2, 0) is 16.4 Å². The van der Waals surface area contributed by atoms with Gasteiger partial charge in [0.1, 0.15) is 0 Å². The first kappa shape index (κ1) is 22.4. The molecule has 9 nitrogen and oxygen atoms in total. The number of fused-ring (bicyclic) bond motifs is 1. The first-order valence-electron chi connectivity index (χ1n) is 9.64. The van der Waals surface area contributed by atoms with Crippen molar-refractivity contribution in [2.45, 2.75) is 24.2 Å². The van der Waals surface area contributed by atoms with Gasteiger partial charge < -0.3 is 5.32 Å². The third kappa shape index (κ3) is 5.00. The highest BCUT2D eigenvalue weighted by atomic mass is 79.9. The number of nitrogens with zero attached hydrogens (tertiary/aromatic N) is 4. The molecule has 1 aliphatic carbocycles. The average Bonchev–Trinajstić information content (AvgIpc) is 3.19. The van der Waals surface area contributed by atoms with E-state index in [0.29, 0.717) is 11.0 Å². The number of halogens is 2. The molecule has 0 atom stereocenters. The van der Waals surface area contributed by atoms with Gasteiger partial charge >= 0.3 is 6.03 Å². The molecule has 0 bridgehead atoms. The number of amides is 2. The fraction of sp³-hybridized carbons (Fsp3) is 0.200. The molecule has 2 amide bonds. The van der Waals surface area contributed by atoms with Crippen molar-refractivity contribution in [2.75, 3.05) is 6.54 Å². The topological polar surface area (TPSA) is 119 Å². The van der Waals surface area contributed by atoms with Crippen LogP contribution in [0.3, 0.4) is 0 Å². The molecule has 3 aromatic rings. The Hall–Kier alpha value is -2.76. The minimum atomic E-state index is -3.99. The van der Waals surface area contributed by atoms with Gasteiger partial charge in [-0.2, -0.15) is 9.78 Å². The average molecular weight is 538 g/mol. The summed E-state index contributed by atoms with van der Waals surface area (Å²) >= 11 is 9.10. The summed E-state index contributed by atoms with van der Waals surface area (Å²) in [5, 5.41) is 7.39. The molecule has 2 aromatic heterocycles. The Morgan fingerprint density at radius 1 is 1.16 bits per heavy atom. The van der Waals surface area contributed by atoms with Crippen molar-refractivity contribution in [3.63, 3.8) is 0 Å². The molecule has 0 fully saturated rings. The third-order valence-corrected chi connectivity index (χ3v) is 6.81. The maximum absolute atomic E-state index is 12.3. The van der Waals surface area contributed by atoms with Crippen molar-refractivity contribution in [1.29, 1.82) is 0 Å². The predicted octanol–water partition coefficient (Wildman–Crippen LogP) is 3.49. The molecule has 0 saturated heterocycles. The summed E-state index contributed by atoms with van der Waals surface area (Å²) in [5.74, 6) is 0.446. The van der Waals surface area contributed by atoms with E-state index < -0.39 is 16.1 Å². The largest absolute Gasteiger partial charge is 0.334 e. The summed E-state index contributed by atoms with van der Waals surface area (Å²) in [7, 11) is -3.99. The molecule has 0 unspecified atom stereocenters. The van der Waals surface area contributed by atoms with E-state index in [2.05, 4.69) is 36.3 Å². The van der Waals surface area contributed by atoms with Crippen LogP contribution in [0.5, 0.6) is 0 Å². The van der Waals surface area contributed by atoms with Gasteiger partial charge in [0.05, 0.1) is 21.3 Å². The maximum atomic E-state index is 12.3. The summed E-state index contributed by atoms with van der Waals surface area (Å²) in [4.78, 5) is 20.7. The van der Waals surface area contributed by atoms with Crippen molar-refractivity contribution >= 4 is 49.2 Å². The van der Waals surface area contributed by atoms with Crippen LogP contribution in [0.2, 0.25) is 5.02 Å². The number of aryl methyl sites for hydroxylation is 1. The highest BCUT2D eigenvalue weighted by Gasteiger charge is 2.22. The highest BCUT2D eigenvalue weighted by Crippen LogP contribution is 2.31. The standard InChI is InChI=1S/C20H18BrClN6O3S/c21-15-11-24-19(25-12-15)28-18-13(2-1-3-14(18)10-26-28)8-9-23-20(29)27-32(30,31)17-6-4-16(22)5-7-17/h4-8,10-12H,1-3,9H2,(H2,23,27,29). The molecule has 0 radical (unpaired) electrons. The number of urea groups is 1. The fourth-order valence-corrected chi connectivity index (χ4v) is 4.62. The van der Waals surface area contributed by atoms with Gasteiger partial charge in [0.2, 0.25) is 0 Å². The summed E-state index contributed by atoms with van der Waals surface area (Å²) in [5.41, 5.74) is 2.95. The SMILES string of the molecule is O=C(NCC=C1CCCc2cnn(-c3ncc(Br)cn3)c21)NS(=O)(=O)c1ccc(Cl)cc1. The number of benzene rings is 1. The zero-order valence-electron chi connectivity index (χ0n) is 16.6. The van der Waals surface area contributed by atoms with Gasteiger partial charge in [-0.1, -0.05) is 17.7 Å². The van der Waals surface area contributed by atoms with Crippen molar-refractivity contribution < 1.29 is 13.2 Å². The molecule has 0 aliphatic heterocycles. The maximum Gasteiger partial charge on any atom is 0.328 e. The molecule has 1 aromatic carbocycles. The van der Waals surface area contributed by atoms with Gasteiger partial charge in [-0.15, -0.1) is 0 Å². The fourth-order valence-electron chi connectivity index (χ4n) is 3.36. The number of allylic oxidation sites excluding steroid dienone is 1. The Kier molecular flexibility index (Phi) is 6.58. The van der Waals surface area contributed by atoms with Crippen molar-refractivity contribution in [3.8, 4) is 5.95 Å². The quantitative estimate of drug-likeness (QED) is 0.514. The van der Waals surface area contributed by atoms with Crippen LogP contribution in [-0.4, -0.2) is 40.7 Å². The predicted molar refractivity (Wildman–Crippen MR) is 123 cm³/mol. The van der Waals surface area contributed by atoms with Gasteiger partial charge in [0.15, 0.2) is 0 Å². The molecular weight excluding hydrogens is 520 g/mol. The Bertz CT molecular complexity index is 1270. The number of rotatable bonds is 5. The molecule has 0 saturated carbocycles. The van der Waals surface area contributed by atoms with Crippen LogP contribution in [0.25, 0.3) is 11.5 Å². The Morgan fingerprint density at radius 3 is 2.59 bits per heavy atom. The van der Waals surface area contributed by atoms with Crippen LogP contribution in [0.1, 0.15) is 24.1 Å². The number of aromatic nitrogens is 4. The monoisotopic (exact) mass is 536 g/mol. The van der Waals surface area contributed by atoms with Crippen LogP contribution in [0, 0.1) is 0 Å². The zero-order valence-corrected chi connectivity index (χ0v) is 19.8. The van der Waals surface area contributed by atoms with E-state index in [1.165, 1.54) is 24.3 Å². The lowest BCUT2D eigenvalue weighted by Crippen LogP contribution is -2.39. The van der Waals surface area contributed by atoms with E-state index in [0.717, 1.165) is 40.6 Å². The number of carbonyl (C=O) groups excluding carboxylic acids is 1. The first-order valence-corrected chi connectivity index (χ1v) is 12.3. The lowest BCUT2D eigenvalue weighted by Gasteiger charge is -2.17. The summed E-state index contributed by atoms with van der Waals surface area (Å²) < 4.78 is 29.1. The first-order chi connectivity index (χ1) is 15.3. The van der Waals surface area contributed by atoms with E-state index in [9.17, 15) is 13.2 Å². The lowest BCUT2D eigenvalue weighted by atomic mass is 9.93. The minimum Gasteiger partial charge on any atom is -0.334 e. The smallest absolute Gasteiger partial charge is 0.328 e.